The van der Waals surface area contributed by atoms with Gasteiger partial charge in [-0.1, -0.05) is 0 Å². The summed E-state index contributed by atoms with van der Waals surface area (Å²) in [5.41, 5.74) is 0. The zero-order valence-corrected chi connectivity index (χ0v) is 9.71. The predicted octanol–water partition coefficient (Wildman–Crippen LogP) is 1.16. The molecule has 3 atom stereocenters. The number of fused-ring (bicyclic) bond motifs is 1. The molecule has 0 amide bonds. The van der Waals surface area contributed by atoms with Crippen molar-refractivity contribution in [3.63, 3.8) is 0 Å². The minimum Gasteiger partial charge on any atom is -0.461 e. The van der Waals surface area contributed by atoms with Gasteiger partial charge in [0.25, 0.3) is 0 Å². The number of likely N-dealkylation sites (tertiary alicyclic amines) is 1. The van der Waals surface area contributed by atoms with E-state index < -0.39 is 0 Å². The fourth-order valence-corrected chi connectivity index (χ4v) is 3.18. The maximum Gasteiger partial charge on any atom is 0.211 e. The third kappa shape index (κ3) is 2.03. The molecule has 0 aromatic carbocycles. The van der Waals surface area contributed by atoms with Gasteiger partial charge in [-0.25, -0.2) is 0 Å². The minimum absolute atomic E-state index is 0.0319. The molecule has 2 heterocycles. The first-order valence-electron chi connectivity index (χ1n) is 6.21. The summed E-state index contributed by atoms with van der Waals surface area (Å²) in [6, 6.07) is 3.43. The molecule has 1 saturated heterocycles. The molecule has 2 fully saturated rings. The number of furan rings is 1. The Morgan fingerprint density at radius 2 is 2.35 bits per heavy atom. The van der Waals surface area contributed by atoms with Crippen molar-refractivity contribution in [1.29, 1.82) is 0 Å². The summed E-state index contributed by atoms with van der Waals surface area (Å²) in [7, 11) is 0. The fourth-order valence-electron chi connectivity index (χ4n) is 3.18. The van der Waals surface area contributed by atoms with Gasteiger partial charge in [-0.2, -0.15) is 0 Å². The molecule has 4 heteroatoms. The first kappa shape index (κ1) is 11.0. The highest BCUT2D eigenvalue weighted by atomic mass is 16.3. The summed E-state index contributed by atoms with van der Waals surface area (Å²) < 4.78 is 5.10. The maximum atomic E-state index is 11.9. The Hall–Kier alpha value is -1.13. The van der Waals surface area contributed by atoms with Crippen LogP contribution >= 0.6 is 0 Å². The highest BCUT2D eigenvalue weighted by molar-refractivity contribution is 5.95. The molecule has 17 heavy (non-hydrogen) atoms. The maximum absolute atomic E-state index is 11.9. The average Bonchev–Trinajstić information content (AvgIpc) is 2.97. The van der Waals surface area contributed by atoms with Gasteiger partial charge >= 0.3 is 0 Å². The fraction of sp³-hybridized carbons (Fsp3) is 0.615. The Bertz CT molecular complexity index is 401. The summed E-state index contributed by atoms with van der Waals surface area (Å²) >= 11 is 0. The van der Waals surface area contributed by atoms with Crippen LogP contribution in [0.4, 0.5) is 0 Å². The van der Waals surface area contributed by atoms with Gasteiger partial charge < -0.3 is 9.52 Å². The van der Waals surface area contributed by atoms with E-state index in [9.17, 15) is 9.90 Å². The molecule has 1 aliphatic carbocycles. The van der Waals surface area contributed by atoms with Crippen LogP contribution < -0.4 is 0 Å². The van der Waals surface area contributed by atoms with Crippen molar-refractivity contribution < 1.29 is 14.3 Å². The van der Waals surface area contributed by atoms with Crippen molar-refractivity contribution in [3.8, 4) is 0 Å². The normalized spacial score (nSPS) is 32.9. The van der Waals surface area contributed by atoms with E-state index in [0.717, 1.165) is 25.9 Å². The number of hydrogen-bond acceptors (Lipinski definition) is 4. The number of aliphatic hydroxyl groups is 1. The highest BCUT2D eigenvalue weighted by Gasteiger charge is 2.42. The van der Waals surface area contributed by atoms with Gasteiger partial charge in [0.05, 0.1) is 18.9 Å². The van der Waals surface area contributed by atoms with Crippen LogP contribution in [-0.2, 0) is 0 Å². The third-order valence-corrected chi connectivity index (χ3v) is 4.06. The minimum atomic E-state index is -0.163. The topological polar surface area (TPSA) is 53.7 Å². The second-order valence-electron chi connectivity index (χ2n) is 5.16. The first-order chi connectivity index (χ1) is 8.24. The molecule has 1 aromatic rings. The van der Waals surface area contributed by atoms with Gasteiger partial charge in [0.2, 0.25) is 5.78 Å². The van der Waals surface area contributed by atoms with Crippen LogP contribution in [0, 0.1) is 11.8 Å². The number of aliphatic hydroxyl groups excluding tert-OH is 1. The standard InChI is InChI=1S/C13H17NO3/c15-11-4-3-9-6-14(7-10(9)11)8-12(16)13-2-1-5-17-13/h1-2,5,9-11,15H,3-4,6-8H2. The molecule has 1 saturated carbocycles. The zero-order valence-electron chi connectivity index (χ0n) is 9.71. The highest BCUT2D eigenvalue weighted by Crippen LogP contribution is 2.37. The quantitative estimate of drug-likeness (QED) is 0.799. The number of carbonyl (C=O) groups excluding carboxylic acids is 1. The van der Waals surface area contributed by atoms with Crippen molar-refractivity contribution in [2.45, 2.75) is 18.9 Å². The van der Waals surface area contributed by atoms with Gasteiger partial charge in [0.15, 0.2) is 5.76 Å². The summed E-state index contributed by atoms with van der Waals surface area (Å²) in [4.78, 5) is 14.0. The Labute approximate surface area is 100 Å². The second kappa shape index (κ2) is 4.27. The van der Waals surface area contributed by atoms with Gasteiger partial charge in [-0.05, 0) is 30.9 Å². The first-order valence-corrected chi connectivity index (χ1v) is 6.21. The van der Waals surface area contributed by atoms with E-state index in [1.165, 1.54) is 6.26 Å². The Morgan fingerprint density at radius 3 is 3.06 bits per heavy atom. The van der Waals surface area contributed by atoms with Gasteiger partial charge in [0, 0.05) is 19.0 Å². The van der Waals surface area contributed by atoms with Crippen molar-refractivity contribution in [1.82, 2.24) is 4.90 Å². The molecule has 1 N–H and O–H groups in total. The molecule has 1 aliphatic heterocycles. The molecule has 0 spiro atoms. The largest absolute Gasteiger partial charge is 0.461 e. The lowest BCUT2D eigenvalue weighted by molar-refractivity contribution is 0.0894. The smallest absolute Gasteiger partial charge is 0.211 e. The van der Waals surface area contributed by atoms with Crippen LogP contribution in [-0.4, -0.2) is 41.5 Å². The molecule has 4 nitrogen and oxygen atoms in total. The van der Waals surface area contributed by atoms with Crippen LogP contribution in [0.2, 0.25) is 0 Å². The molecule has 1 aromatic heterocycles. The van der Waals surface area contributed by atoms with Crippen LogP contribution in [0.5, 0.6) is 0 Å². The Morgan fingerprint density at radius 1 is 1.47 bits per heavy atom. The number of Topliss-reactive ketones (excluding diaryl/α,β-unsaturated/α-hetero) is 1. The van der Waals surface area contributed by atoms with E-state index in [4.69, 9.17) is 4.42 Å². The van der Waals surface area contributed by atoms with Gasteiger partial charge in [0.1, 0.15) is 0 Å². The van der Waals surface area contributed by atoms with Gasteiger partial charge in [-0.15, -0.1) is 0 Å². The van der Waals surface area contributed by atoms with Crippen molar-refractivity contribution in [3.05, 3.63) is 24.2 Å². The molecular formula is C13H17NO3. The lowest BCUT2D eigenvalue weighted by atomic mass is 10.00. The number of rotatable bonds is 3. The SMILES string of the molecule is O=C(CN1CC2CCC(O)C2C1)c1ccco1. The monoisotopic (exact) mass is 235 g/mol. The summed E-state index contributed by atoms with van der Waals surface area (Å²) in [5.74, 6) is 1.42. The molecule has 92 valence electrons. The van der Waals surface area contributed by atoms with E-state index >= 15 is 0 Å². The number of ketones is 1. The summed E-state index contributed by atoms with van der Waals surface area (Å²) in [6.45, 7) is 2.19. The summed E-state index contributed by atoms with van der Waals surface area (Å²) in [6.07, 6.45) is 3.38. The van der Waals surface area contributed by atoms with Crippen LogP contribution in [0.1, 0.15) is 23.4 Å². The van der Waals surface area contributed by atoms with Crippen LogP contribution in [0.25, 0.3) is 0 Å². The van der Waals surface area contributed by atoms with E-state index in [0.29, 0.717) is 24.1 Å². The predicted molar refractivity (Wildman–Crippen MR) is 61.7 cm³/mol. The van der Waals surface area contributed by atoms with E-state index in [-0.39, 0.29) is 11.9 Å². The molecule has 0 bridgehead atoms. The molecule has 0 radical (unpaired) electrons. The molecule has 2 aliphatic rings. The second-order valence-corrected chi connectivity index (χ2v) is 5.16. The average molecular weight is 235 g/mol. The zero-order chi connectivity index (χ0) is 11.8. The number of nitrogens with zero attached hydrogens (tertiary/aromatic N) is 1. The Balaban J connectivity index is 1.59. The van der Waals surface area contributed by atoms with Gasteiger partial charge in [-0.3, -0.25) is 9.69 Å². The molecule has 3 unspecified atom stereocenters. The van der Waals surface area contributed by atoms with Crippen LogP contribution in [0.15, 0.2) is 22.8 Å². The van der Waals surface area contributed by atoms with E-state index in [2.05, 4.69) is 4.90 Å². The lowest BCUT2D eigenvalue weighted by Crippen LogP contribution is -2.30. The molecule has 3 rings (SSSR count). The number of hydrogen-bond donors (Lipinski definition) is 1. The third-order valence-electron chi connectivity index (χ3n) is 4.06. The van der Waals surface area contributed by atoms with E-state index in [1.54, 1.807) is 12.1 Å². The Kier molecular flexibility index (Phi) is 2.76. The van der Waals surface area contributed by atoms with Crippen molar-refractivity contribution in [2.24, 2.45) is 11.8 Å². The lowest BCUT2D eigenvalue weighted by Gasteiger charge is -2.16. The van der Waals surface area contributed by atoms with Crippen LogP contribution in [0.3, 0.4) is 0 Å². The summed E-state index contributed by atoms with van der Waals surface area (Å²) in [5, 5.41) is 9.81. The number of carbonyl (C=O) groups is 1. The van der Waals surface area contributed by atoms with Crippen molar-refractivity contribution in [2.75, 3.05) is 19.6 Å². The van der Waals surface area contributed by atoms with Crippen molar-refractivity contribution >= 4 is 5.78 Å². The van der Waals surface area contributed by atoms with E-state index in [1.807, 2.05) is 0 Å². The molecular weight excluding hydrogens is 218 g/mol.